The number of para-hydroxylation sites is 1. The molecule has 0 spiro atoms. The highest BCUT2D eigenvalue weighted by Gasteiger charge is 2.33. The molecule has 2 saturated heterocycles. The Labute approximate surface area is 196 Å². The van der Waals surface area contributed by atoms with Gasteiger partial charge in [0.25, 0.3) is 0 Å². The fourth-order valence-corrected chi connectivity index (χ4v) is 5.16. The Kier molecular flexibility index (Phi) is 7.03. The summed E-state index contributed by atoms with van der Waals surface area (Å²) in [7, 11) is 0. The summed E-state index contributed by atoms with van der Waals surface area (Å²) in [5, 5.41) is 0. The molecule has 2 aliphatic heterocycles. The lowest BCUT2D eigenvalue weighted by atomic mass is 9.94. The second kappa shape index (κ2) is 9.96. The van der Waals surface area contributed by atoms with Crippen LogP contribution in [0.25, 0.3) is 11.8 Å². The number of morpholine rings is 1. The lowest BCUT2D eigenvalue weighted by molar-refractivity contribution is -0.149. The number of ether oxygens (including phenoxy) is 1. The van der Waals surface area contributed by atoms with E-state index in [1.165, 1.54) is 0 Å². The van der Waals surface area contributed by atoms with E-state index in [2.05, 4.69) is 36.6 Å². The second-order valence-corrected chi connectivity index (χ2v) is 9.43. The zero-order valence-electron chi connectivity index (χ0n) is 20.2. The molecule has 4 rings (SSSR count). The Hall–Kier alpha value is -2.86. The van der Waals surface area contributed by atoms with Crippen LogP contribution in [-0.2, 0) is 14.3 Å². The lowest BCUT2D eigenvalue weighted by Gasteiger charge is -2.39. The minimum absolute atomic E-state index is 0.000304. The van der Waals surface area contributed by atoms with Crippen LogP contribution in [0.3, 0.4) is 0 Å². The van der Waals surface area contributed by atoms with Crippen LogP contribution in [0.1, 0.15) is 43.6 Å². The quantitative estimate of drug-likeness (QED) is 0.664. The topological polar surface area (TPSA) is 54.8 Å². The normalized spacial score (nSPS) is 22.2. The molecule has 1 aromatic heterocycles. The summed E-state index contributed by atoms with van der Waals surface area (Å²) in [5.74, 6) is 0.229. The summed E-state index contributed by atoms with van der Waals surface area (Å²) >= 11 is 0. The number of likely N-dealkylation sites (tertiary alicyclic amines) is 1. The molecule has 0 aliphatic carbocycles. The smallest absolute Gasteiger partial charge is 0.246 e. The molecule has 0 bridgehead atoms. The summed E-state index contributed by atoms with van der Waals surface area (Å²) in [5.41, 5.74) is 4.41. The summed E-state index contributed by atoms with van der Waals surface area (Å²) < 4.78 is 7.96. The van der Waals surface area contributed by atoms with Crippen LogP contribution in [0, 0.1) is 19.8 Å². The van der Waals surface area contributed by atoms with Crippen molar-refractivity contribution in [3.63, 3.8) is 0 Å². The summed E-state index contributed by atoms with van der Waals surface area (Å²) in [6.45, 7) is 10.8. The maximum Gasteiger partial charge on any atom is 0.246 e. The van der Waals surface area contributed by atoms with Gasteiger partial charge in [-0.2, -0.15) is 0 Å². The minimum Gasteiger partial charge on any atom is -0.372 e. The van der Waals surface area contributed by atoms with Gasteiger partial charge in [0.1, 0.15) is 0 Å². The van der Waals surface area contributed by atoms with Crippen LogP contribution in [0.5, 0.6) is 0 Å². The standard InChI is InChI=1S/C27H35N3O3/c1-19-16-24(22(4)30(19)25-8-6-5-7-9-25)10-11-26(31)28-14-12-23(13-15-28)27(32)29-17-20(2)33-21(3)18-29/h5-11,16,20-21,23H,12-15,17-18H2,1-4H3/b11-10+. The number of hydrogen-bond donors (Lipinski definition) is 0. The maximum absolute atomic E-state index is 13.0. The van der Waals surface area contributed by atoms with E-state index in [9.17, 15) is 9.59 Å². The number of aromatic nitrogens is 1. The van der Waals surface area contributed by atoms with Crippen molar-refractivity contribution in [3.05, 3.63) is 59.4 Å². The number of carbonyl (C=O) groups is 2. The van der Waals surface area contributed by atoms with Gasteiger partial charge < -0.3 is 19.1 Å². The number of amides is 2. The molecular weight excluding hydrogens is 414 g/mol. The fraction of sp³-hybridized carbons (Fsp3) is 0.481. The Bertz CT molecular complexity index is 1010. The molecule has 33 heavy (non-hydrogen) atoms. The minimum atomic E-state index is 0.000304. The first-order valence-electron chi connectivity index (χ1n) is 12.0. The monoisotopic (exact) mass is 449 g/mol. The molecular formula is C27H35N3O3. The average molecular weight is 450 g/mol. The van der Waals surface area contributed by atoms with Gasteiger partial charge in [-0.05, 0) is 70.4 Å². The zero-order valence-corrected chi connectivity index (χ0v) is 20.2. The number of rotatable bonds is 4. The van der Waals surface area contributed by atoms with Crippen molar-refractivity contribution in [2.75, 3.05) is 26.2 Å². The highest BCUT2D eigenvalue weighted by Crippen LogP contribution is 2.24. The van der Waals surface area contributed by atoms with Gasteiger partial charge in [-0.15, -0.1) is 0 Å². The predicted octanol–water partition coefficient (Wildman–Crippen LogP) is 3.98. The number of nitrogens with zero attached hydrogens (tertiary/aromatic N) is 3. The summed E-state index contributed by atoms with van der Waals surface area (Å²) in [4.78, 5) is 29.6. The zero-order chi connectivity index (χ0) is 23.5. The van der Waals surface area contributed by atoms with Crippen molar-refractivity contribution in [2.45, 2.75) is 52.7 Å². The van der Waals surface area contributed by atoms with Crippen molar-refractivity contribution in [1.82, 2.24) is 14.4 Å². The van der Waals surface area contributed by atoms with Crippen molar-refractivity contribution >= 4 is 17.9 Å². The van der Waals surface area contributed by atoms with E-state index in [-0.39, 0.29) is 29.9 Å². The predicted molar refractivity (Wildman–Crippen MR) is 130 cm³/mol. The number of piperidine rings is 1. The summed E-state index contributed by atoms with van der Waals surface area (Å²) in [6.07, 6.45) is 5.19. The first-order chi connectivity index (χ1) is 15.8. The highest BCUT2D eigenvalue weighted by atomic mass is 16.5. The average Bonchev–Trinajstić information content (AvgIpc) is 3.09. The van der Waals surface area contributed by atoms with Gasteiger partial charge in [-0.3, -0.25) is 9.59 Å². The molecule has 2 fully saturated rings. The molecule has 6 heteroatoms. The molecule has 2 aromatic rings. The Morgan fingerprint density at radius 3 is 2.24 bits per heavy atom. The van der Waals surface area contributed by atoms with Crippen LogP contribution in [-0.4, -0.2) is 64.6 Å². The molecule has 2 amide bonds. The molecule has 2 unspecified atom stereocenters. The first kappa shape index (κ1) is 23.3. The van der Waals surface area contributed by atoms with Crippen molar-refractivity contribution < 1.29 is 14.3 Å². The number of aryl methyl sites for hydroxylation is 1. The van der Waals surface area contributed by atoms with Crippen LogP contribution in [0.15, 0.2) is 42.5 Å². The third-order valence-electron chi connectivity index (χ3n) is 6.78. The van der Waals surface area contributed by atoms with E-state index in [0.717, 1.165) is 35.5 Å². The number of benzene rings is 1. The molecule has 2 aliphatic rings. The van der Waals surface area contributed by atoms with Gasteiger partial charge in [0.05, 0.1) is 12.2 Å². The van der Waals surface area contributed by atoms with Crippen molar-refractivity contribution in [1.29, 1.82) is 0 Å². The van der Waals surface area contributed by atoms with E-state index in [1.54, 1.807) is 6.08 Å². The largest absolute Gasteiger partial charge is 0.372 e. The Morgan fingerprint density at radius 2 is 1.61 bits per heavy atom. The molecule has 3 heterocycles. The second-order valence-electron chi connectivity index (χ2n) is 9.43. The van der Waals surface area contributed by atoms with E-state index in [0.29, 0.717) is 26.2 Å². The third-order valence-corrected chi connectivity index (χ3v) is 6.78. The van der Waals surface area contributed by atoms with E-state index in [1.807, 2.05) is 47.9 Å². The SMILES string of the molecule is Cc1cc(/C=C/C(=O)N2CCC(C(=O)N3CC(C)OC(C)C3)CC2)c(C)n1-c1ccccc1. The van der Waals surface area contributed by atoms with Gasteiger partial charge in [0, 0.05) is 55.2 Å². The van der Waals surface area contributed by atoms with Gasteiger partial charge in [-0.25, -0.2) is 0 Å². The Morgan fingerprint density at radius 1 is 0.970 bits per heavy atom. The molecule has 6 nitrogen and oxygen atoms in total. The summed E-state index contributed by atoms with van der Waals surface area (Å²) in [6, 6.07) is 12.4. The van der Waals surface area contributed by atoms with Crippen molar-refractivity contribution in [2.24, 2.45) is 5.92 Å². The van der Waals surface area contributed by atoms with Gasteiger partial charge in [0.2, 0.25) is 11.8 Å². The number of hydrogen-bond acceptors (Lipinski definition) is 3. The van der Waals surface area contributed by atoms with Crippen LogP contribution < -0.4 is 0 Å². The van der Waals surface area contributed by atoms with Crippen molar-refractivity contribution in [3.8, 4) is 5.69 Å². The Balaban J connectivity index is 1.35. The van der Waals surface area contributed by atoms with Crippen LogP contribution >= 0.6 is 0 Å². The van der Waals surface area contributed by atoms with Crippen LogP contribution in [0.4, 0.5) is 0 Å². The molecule has 1 aromatic carbocycles. The van der Waals surface area contributed by atoms with E-state index < -0.39 is 0 Å². The highest BCUT2D eigenvalue weighted by molar-refractivity contribution is 5.92. The molecule has 2 atom stereocenters. The maximum atomic E-state index is 13.0. The third kappa shape index (κ3) is 5.22. The molecule has 176 valence electrons. The van der Waals surface area contributed by atoms with Gasteiger partial charge in [0.15, 0.2) is 0 Å². The first-order valence-corrected chi connectivity index (χ1v) is 12.0. The number of carbonyl (C=O) groups excluding carboxylic acids is 2. The van der Waals surface area contributed by atoms with E-state index in [4.69, 9.17) is 4.74 Å². The van der Waals surface area contributed by atoms with Gasteiger partial charge >= 0.3 is 0 Å². The molecule has 0 radical (unpaired) electrons. The fourth-order valence-electron chi connectivity index (χ4n) is 5.16. The van der Waals surface area contributed by atoms with Crippen LogP contribution in [0.2, 0.25) is 0 Å². The molecule has 0 saturated carbocycles. The lowest BCUT2D eigenvalue weighted by Crippen LogP contribution is -2.51. The van der Waals surface area contributed by atoms with Gasteiger partial charge in [-0.1, -0.05) is 18.2 Å². The molecule has 0 N–H and O–H groups in total. The van der Waals surface area contributed by atoms with E-state index >= 15 is 0 Å².